The summed E-state index contributed by atoms with van der Waals surface area (Å²) in [6, 6.07) is 4.89. The maximum absolute atomic E-state index is 13.4. The molecule has 1 heterocycles. The van der Waals surface area contributed by atoms with E-state index in [1.54, 1.807) is 0 Å². The second kappa shape index (κ2) is 4.91. The average Bonchev–Trinajstić information content (AvgIpc) is 2.39. The molecule has 0 amide bonds. The molecule has 0 aliphatic carbocycles. The highest BCUT2D eigenvalue weighted by molar-refractivity contribution is 6.09. The summed E-state index contributed by atoms with van der Waals surface area (Å²) in [5, 5.41) is 0. The Labute approximate surface area is 102 Å². The van der Waals surface area contributed by atoms with E-state index in [4.69, 9.17) is 4.74 Å². The van der Waals surface area contributed by atoms with Crippen LogP contribution >= 0.6 is 0 Å². The molecule has 5 heteroatoms. The van der Waals surface area contributed by atoms with Crippen LogP contribution in [-0.2, 0) is 0 Å². The van der Waals surface area contributed by atoms with Gasteiger partial charge in [0.05, 0.1) is 18.9 Å². The number of carbonyl (C=O) groups excluding carboxylic acids is 1. The lowest BCUT2D eigenvalue weighted by atomic mass is 10.0. The standard InChI is InChI=1S/C13H9F2NO2/c1-18-12-6-8(2-3-10(12)14)13(17)9-4-5-16-7-11(9)15/h2-7H,1H3. The van der Waals surface area contributed by atoms with Crippen LogP contribution in [0.4, 0.5) is 8.78 Å². The molecule has 1 aromatic heterocycles. The SMILES string of the molecule is COc1cc(C(=O)c2ccncc2F)ccc1F. The highest BCUT2D eigenvalue weighted by Crippen LogP contribution is 2.21. The summed E-state index contributed by atoms with van der Waals surface area (Å²) in [5.74, 6) is -1.90. The van der Waals surface area contributed by atoms with Crippen LogP contribution in [0, 0.1) is 11.6 Å². The number of halogens is 2. The summed E-state index contributed by atoms with van der Waals surface area (Å²) in [6.07, 6.45) is 2.27. The number of carbonyl (C=O) groups is 1. The Kier molecular flexibility index (Phi) is 3.32. The van der Waals surface area contributed by atoms with Crippen molar-refractivity contribution in [2.75, 3.05) is 7.11 Å². The largest absolute Gasteiger partial charge is 0.494 e. The molecule has 2 aromatic rings. The van der Waals surface area contributed by atoms with E-state index in [2.05, 4.69) is 4.98 Å². The van der Waals surface area contributed by atoms with Crippen LogP contribution in [-0.4, -0.2) is 17.9 Å². The highest BCUT2D eigenvalue weighted by atomic mass is 19.1. The van der Waals surface area contributed by atoms with Crippen LogP contribution < -0.4 is 4.74 Å². The topological polar surface area (TPSA) is 39.2 Å². The minimum Gasteiger partial charge on any atom is -0.494 e. The maximum Gasteiger partial charge on any atom is 0.196 e. The highest BCUT2D eigenvalue weighted by Gasteiger charge is 2.15. The fourth-order valence-corrected chi connectivity index (χ4v) is 1.52. The van der Waals surface area contributed by atoms with Crippen molar-refractivity contribution in [3.05, 3.63) is 59.4 Å². The van der Waals surface area contributed by atoms with E-state index in [9.17, 15) is 13.6 Å². The molecule has 3 nitrogen and oxygen atoms in total. The second-order valence-electron chi connectivity index (χ2n) is 3.53. The Morgan fingerprint density at radius 1 is 1.22 bits per heavy atom. The van der Waals surface area contributed by atoms with Gasteiger partial charge in [-0.15, -0.1) is 0 Å². The van der Waals surface area contributed by atoms with Crippen molar-refractivity contribution in [2.24, 2.45) is 0 Å². The summed E-state index contributed by atoms with van der Waals surface area (Å²) in [5.41, 5.74) is 0.0389. The molecule has 0 unspecified atom stereocenters. The molecule has 0 bridgehead atoms. The monoisotopic (exact) mass is 249 g/mol. The van der Waals surface area contributed by atoms with Crippen LogP contribution in [0.5, 0.6) is 5.75 Å². The first-order valence-corrected chi connectivity index (χ1v) is 5.11. The molecule has 0 fully saturated rings. The number of ether oxygens (including phenoxy) is 1. The predicted octanol–water partition coefficient (Wildman–Crippen LogP) is 2.60. The lowest BCUT2D eigenvalue weighted by molar-refractivity contribution is 0.103. The predicted molar refractivity (Wildman–Crippen MR) is 60.6 cm³/mol. The van der Waals surface area contributed by atoms with Crippen molar-refractivity contribution in [3.8, 4) is 5.75 Å². The fraction of sp³-hybridized carbons (Fsp3) is 0.0769. The molecule has 0 aliphatic heterocycles. The van der Waals surface area contributed by atoms with Crippen LogP contribution in [0.15, 0.2) is 36.7 Å². The molecule has 0 atom stereocenters. The van der Waals surface area contributed by atoms with Gasteiger partial charge in [0.2, 0.25) is 0 Å². The second-order valence-corrected chi connectivity index (χ2v) is 3.53. The number of methoxy groups -OCH3 is 1. The number of pyridine rings is 1. The van der Waals surface area contributed by atoms with E-state index in [1.165, 1.54) is 31.5 Å². The van der Waals surface area contributed by atoms with Crippen molar-refractivity contribution in [3.63, 3.8) is 0 Å². The number of benzene rings is 1. The normalized spacial score (nSPS) is 10.2. The van der Waals surface area contributed by atoms with Crippen LogP contribution in [0.25, 0.3) is 0 Å². The molecular formula is C13H9F2NO2. The first-order valence-electron chi connectivity index (χ1n) is 5.11. The van der Waals surface area contributed by atoms with E-state index in [0.29, 0.717) is 0 Å². The first-order chi connectivity index (χ1) is 8.63. The minimum absolute atomic E-state index is 0.0599. The fourth-order valence-electron chi connectivity index (χ4n) is 1.52. The number of ketones is 1. The molecule has 0 saturated carbocycles. The van der Waals surface area contributed by atoms with Gasteiger partial charge in [-0.3, -0.25) is 9.78 Å². The molecule has 0 radical (unpaired) electrons. The van der Waals surface area contributed by atoms with Gasteiger partial charge in [-0.2, -0.15) is 0 Å². The number of hydrogen-bond acceptors (Lipinski definition) is 3. The molecule has 0 N–H and O–H groups in total. The number of aromatic nitrogens is 1. The van der Waals surface area contributed by atoms with Gasteiger partial charge < -0.3 is 4.74 Å². The Bertz CT molecular complexity index is 599. The lowest BCUT2D eigenvalue weighted by Crippen LogP contribution is -2.05. The van der Waals surface area contributed by atoms with Crippen LogP contribution in [0.2, 0.25) is 0 Å². The van der Waals surface area contributed by atoms with Gasteiger partial charge in [0, 0.05) is 11.8 Å². The van der Waals surface area contributed by atoms with E-state index >= 15 is 0 Å². The number of rotatable bonds is 3. The summed E-state index contributed by atoms with van der Waals surface area (Å²) >= 11 is 0. The van der Waals surface area contributed by atoms with Crippen molar-refractivity contribution in [2.45, 2.75) is 0 Å². The zero-order chi connectivity index (χ0) is 13.1. The number of nitrogens with zero attached hydrogens (tertiary/aromatic N) is 1. The van der Waals surface area contributed by atoms with E-state index in [1.807, 2.05) is 0 Å². The molecule has 18 heavy (non-hydrogen) atoms. The van der Waals surface area contributed by atoms with Gasteiger partial charge in [-0.05, 0) is 24.3 Å². The van der Waals surface area contributed by atoms with Crippen molar-refractivity contribution in [1.82, 2.24) is 4.98 Å². The zero-order valence-electron chi connectivity index (χ0n) is 9.48. The summed E-state index contributed by atoms with van der Waals surface area (Å²) in [6.45, 7) is 0. The van der Waals surface area contributed by atoms with Gasteiger partial charge in [-0.1, -0.05) is 0 Å². The average molecular weight is 249 g/mol. The van der Waals surface area contributed by atoms with Gasteiger partial charge in [0.1, 0.15) is 0 Å². The van der Waals surface area contributed by atoms with Crippen LogP contribution in [0.1, 0.15) is 15.9 Å². The summed E-state index contributed by atoms with van der Waals surface area (Å²) in [7, 11) is 1.29. The third kappa shape index (κ3) is 2.20. The molecule has 0 saturated heterocycles. The Balaban J connectivity index is 2.44. The molecule has 1 aromatic carbocycles. The van der Waals surface area contributed by atoms with Crippen LogP contribution in [0.3, 0.4) is 0 Å². The smallest absolute Gasteiger partial charge is 0.196 e. The van der Waals surface area contributed by atoms with Gasteiger partial charge >= 0.3 is 0 Å². The quantitative estimate of drug-likeness (QED) is 0.785. The third-order valence-corrected chi connectivity index (χ3v) is 2.43. The molecule has 92 valence electrons. The van der Waals surface area contributed by atoms with Crippen molar-refractivity contribution >= 4 is 5.78 Å². The molecule has 0 spiro atoms. The molecular weight excluding hydrogens is 240 g/mol. The zero-order valence-corrected chi connectivity index (χ0v) is 9.48. The van der Waals surface area contributed by atoms with Gasteiger partial charge in [0.15, 0.2) is 23.2 Å². The minimum atomic E-state index is -0.717. The van der Waals surface area contributed by atoms with Crippen molar-refractivity contribution in [1.29, 1.82) is 0 Å². The van der Waals surface area contributed by atoms with E-state index in [0.717, 1.165) is 12.3 Å². The first kappa shape index (κ1) is 12.2. The van der Waals surface area contributed by atoms with Gasteiger partial charge in [-0.25, -0.2) is 8.78 Å². The van der Waals surface area contributed by atoms with E-state index < -0.39 is 17.4 Å². The summed E-state index contributed by atoms with van der Waals surface area (Å²) in [4.78, 5) is 15.6. The Morgan fingerprint density at radius 2 is 2.00 bits per heavy atom. The van der Waals surface area contributed by atoms with E-state index in [-0.39, 0.29) is 16.9 Å². The lowest BCUT2D eigenvalue weighted by Gasteiger charge is -2.05. The number of hydrogen-bond donors (Lipinski definition) is 0. The third-order valence-electron chi connectivity index (χ3n) is 2.43. The Morgan fingerprint density at radius 3 is 2.67 bits per heavy atom. The van der Waals surface area contributed by atoms with Gasteiger partial charge in [0.25, 0.3) is 0 Å². The Hall–Kier alpha value is -2.30. The summed E-state index contributed by atoms with van der Waals surface area (Å²) < 4.78 is 31.4. The molecule has 0 aliphatic rings. The molecule has 2 rings (SSSR count). The van der Waals surface area contributed by atoms with Crippen molar-refractivity contribution < 1.29 is 18.3 Å². The maximum atomic E-state index is 13.4.